The Hall–Kier alpha value is -1.87. The van der Waals surface area contributed by atoms with Crippen LogP contribution in [0.3, 0.4) is 0 Å². The second kappa shape index (κ2) is 18.9. The quantitative estimate of drug-likeness (QED) is 0.0480. The number of carbonyl (C=O) groups is 2. The van der Waals surface area contributed by atoms with Crippen molar-refractivity contribution in [1.29, 1.82) is 0 Å². The van der Waals surface area contributed by atoms with E-state index >= 15 is 0 Å². The standard InChI is InChI=1S/C18H39N7O2/c1-16(19)8-13-21-9-6-7-12-24-18(27)14-17(26)23-11-5-3-2-4-10-22-15-25-20/h15-16,21H,2-14,19-20H2,1H3,(H,22,25)(H,23,26)(H,24,27)/t16-/m1/s1. The summed E-state index contributed by atoms with van der Waals surface area (Å²) in [4.78, 5) is 23.4. The molecule has 8 N–H and O–H groups in total. The van der Waals surface area contributed by atoms with E-state index in [1.54, 1.807) is 0 Å². The summed E-state index contributed by atoms with van der Waals surface area (Å²) >= 11 is 0. The summed E-state index contributed by atoms with van der Waals surface area (Å²) < 4.78 is 0. The van der Waals surface area contributed by atoms with Crippen LogP contribution >= 0.6 is 0 Å². The minimum absolute atomic E-state index is 0.102. The van der Waals surface area contributed by atoms with Crippen LogP contribution in [0, 0.1) is 0 Å². The molecule has 2 amide bonds. The van der Waals surface area contributed by atoms with Crippen LogP contribution < -0.4 is 32.8 Å². The molecule has 0 heterocycles. The summed E-state index contributed by atoms with van der Waals surface area (Å²) in [7, 11) is 0. The first kappa shape index (κ1) is 25.1. The lowest BCUT2D eigenvalue weighted by Gasteiger charge is -2.08. The van der Waals surface area contributed by atoms with E-state index in [4.69, 9.17) is 11.6 Å². The van der Waals surface area contributed by atoms with Crippen molar-refractivity contribution in [2.45, 2.75) is 64.3 Å². The van der Waals surface area contributed by atoms with Crippen LogP contribution in [-0.2, 0) is 9.59 Å². The van der Waals surface area contributed by atoms with Gasteiger partial charge in [-0.1, -0.05) is 12.8 Å². The molecule has 0 aromatic rings. The van der Waals surface area contributed by atoms with E-state index in [0.717, 1.165) is 64.6 Å². The monoisotopic (exact) mass is 385 g/mol. The maximum absolute atomic E-state index is 11.7. The predicted octanol–water partition coefficient (Wildman–Crippen LogP) is -0.232. The molecule has 9 nitrogen and oxygen atoms in total. The van der Waals surface area contributed by atoms with E-state index in [-0.39, 0.29) is 24.3 Å². The highest BCUT2D eigenvalue weighted by molar-refractivity contribution is 5.96. The first-order valence-electron chi connectivity index (χ1n) is 10.0. The number of hydrogen-bond donors (Lipinski definition) is 6. The Balaban J connectivity index is 3.38. The molecule has 0 rings (SSSR count). The average Bonchev–Trinajstić information content (AvgIpc) is 2.62. The van der Waals surface area contributed by atoms with Crippen LogP contribution in [-0.4, -0.2) is 56.9 Å². The van der Waals surface area contributed by atoms with Gasteiger partial charge < -0.3 is 32.8 Å². The van der Waals surface area contributed by atoms with Gasteiger partial charge in [0.15, 0.2) is 0 Å². The van der Waals surface area contributed by atoms with Gasteiger partial charge >= 0.3 is 0 Å². The van der Waals surface area contributed by atoms with Crippen molar-refractivity contribution in [3.8, 4) is 0 Å². The lowest BCUT2D eigenvalue weighted by atomic mass is 10.2. The Morgan fingerprint density at radius 2 is 1.44 bits per heavy atom. The van der Waals surface area contributed by atoms with Crippen molar-refractivity contribution in [3.63, 3.8) is 0 Å². The number of hydrogen-bond acceptors (Lipinski definition) is 6. The highest BCUT2D eigenvalue weighted by atomic mass is 16.2. The lowest BCUT2D eigenvalue weighted by Crippen LogP contribution is -2.33. The molecule has 0 unspecified atom stereocenters. The fraction of sp³-hybridized carbons (Fsp3) is 0.833. The van der Waals surface area contributed by atoms with Gasteiger partial charge in [0.25, 0.3) is 0 Å². The summed E-state index contributed by atoms with van der Waals surface area (Å²) in [5.41, 5.74) is 5.67. The average molecular weight is 386 g/mol. The van der Waals surface area contributed by atoms with Crippen molar-refractivity contribution in [3.05, 3.63) is 0 Å². The normalized spacial score (nSPS) is 12.1. The molecule has 0 bridgehead atoms. The Morgan fingerprint density at radius 3 is 2.04 bits per heavy atom. The maximum Gasteiger partial charge on any atom is 0.229 e. The topological polar surface area (TPSA) is 147 Å². The van der Waals surface area contributed by atoms with Crippen molar-refractivity contribution in [2.24, 2.45) is 16.7 Å². The maximum atomic E-state index is 11.7. The molecule has 0 saturated heterocycles. The van der Waals surface area contributed by atoms with E-state index in [1.807, 2.05) is 6.92 Å². The first-order chi connectivity index (χ1) is 13.1. The number of nitrogens with one attached hydrogen (secondary N) is 4. The molecule has 158 valence electrons. The van der Waals surface area contributed by atoms with E-state index < -0.39 is 0 Å². The predicted molar refractivity (Wildman–Crippen MR) is 110 cm³/mol. The second-order valence-corrected chi connectivity index (χ2v) is 6.75. The molecule has 0 aliphatic carbocycles. The number of rotatable bonds is 18. The third kappa shape index (κ3) is 20.3. The Labute approximate surface area is 163 Å². The van der Waals surface area contributed by atoms with Crippen LogP contribution in [0.15, 0.2) is 5.10 Å². The molecule has 0 fully saturated rings. The van der Waals surface area contributed by atoms with Gasteiger partial charge in [-0.2, -0.15) is 5.10 Å². The molecule has 0 radical (unpaired) electrons. The smallest absolute Gasteiger partial charge is 0.229 e. The van der Waals surface area contributed by atoms with Crippen molar-refractivity contribution in [1.82, 2.24) is 21.3 Å². The molecule has 0 aliphatic heterocycles. The summed E-state index contributed by atoms with van der Waals surface area (Å²) in [6.07, 6.45) is 8.27. The van der Waals surface area contributed by atoms with E-state index in [2.05, 4.69) is 26.4 Å². The van der Waals surface area contributed by atoms with Crippen LogP contribution in [0.4, 0.5) is 0 Å². The van der Waals surface area contributed by atoms with E-state index in [9.17, 15) is 9.59 Å². The van der Waals surface area contributed by atoms with Gasteiger partial charge in [0.05, 0.1) is 0 Å². The van der Waals surface area contributed by atoms with E-state index in [0.29, 0.717) is 13.1 Å². The lowest BCUT2D eigenvalue weighted by molar-refractivity contribution is -0.129. The van der Waals surface area contributed by atoms with Crippen molar-refractivity contribution >= 4 is 18.2 Å². The summed E-state index contributed by atoms with van der Waals surface area (Å²) in [5, 5.41) is 15.2. The number of hydrazone groups is 1. The number of nitrogens with zero attached hydrogens (tertiary/aromatic N) is 1. The summed E-state index contributed by atoms with van der Waals surface area (Å²) in [5.74, 6) is 4.53. The van der Waals surface area contributed by atoms with E-state index in [1.165, 1.54) is 6.34 Å². The highest BCUT2D eigenvalue weighted by Gasteiger charge is 2.07. The molecule has 1 atom stereocenters. The molecular weight excluding hydrogens is 346 g/mol. The summed E-state index contributed by atoms with van der Waals surface area (Å²) in [6.45, 7) is 5.88. The summed E-state index contributed by atoms with van der Waals surface area (Å²) in [6, 6.07) is 0.224. The van der Waals surface area contributed by atoms with Gasteiger partial charge in [0, 0.05) is 25.7 Å². The fourth-order valence-electron chi connectivity index (χ4n) is 2.38. The third-order valence-electron chi connectivity index (χ3n) is 3.94. The Bertz CT molecular complexity index is 403. The Morgan fingerprint density at radius 1 is 0.889 bits per heavy atom. The van der Waals surface area contributed by atoms with Crippen LogP contribution in [0.2, 0.25) is 0 Å². The molecule has 9 heteroatoms. The van der Waals surface area contributed by atoms with Crippen molar-refractivity contribution in [2.75, 3.05) is 32.7 Å². The highest BCUT2D eigenvalue weighted by Crippen LogP contribution is 1.97. The second-order valence-electron chi connectivity index (χ2n) is 6.75. The van der Waals surface area contributed by atoms with Gasteiger partial charge in [-0.25, -0.2) is 0 Å². The molecule has 0 saturated carbocycles. The van der Waals surface area contributed by atoms with Gasteiger partial charge in [-0.05, 0) is 52.1 Å². The number of nitrogens with two attached hydrogens (primary N) is 2. The van der Waals surface area contributed by atoms with Gasteiger partial charge in [0.1, 0.15) is 12.8 Å². The zero-order valence-corrected chi connectivity index (χ0v) is 16.8. The first-order valence-corrected chi connectivity index (χ1v) is 10.0. The van der Waals surface area contributed by atoms with Crippen LogP contribution in [0.25, 0.3) is 0 Å². The fourth-order valence-corrected chi connectivity index (χ4v) is 2.38. The van der Waals surface area contributed by atoms with Crippen molar-refractivity contribution < 1.29 is 9.59 Å². The third-order valence-corrected chi connectivity index (χ3v) is 3.94. The number of carbonyl (C=O) groups excluding carboxylic acids is 2. The molecular formula is C18H39N7O2. The molecule has 0 aromatic carbocycles. The van der Waals surface area contributed by atoms with Gasteiger partial charge in [0.2, 0.25) is 11.8 Å². The Kier molecular flexibility index (Phi) is 17.6. The van der Waals surface area contributed by atoms with Crippen LogP contribution in [0.1, 0.15) is 58.3 Å². The molecule has 0 spiro atoms. The van der Waals surface area contributed by atoms with Gasteiger partial charge in [-0.3, -0.25) is 9.59 Å². The van der Waals surface area contributed by atoms with Gasteiger partial charge in [-0.15, -0.1) is 0 Å². The number of amides is 2. The zero-order valence-electron chi connectivity index (χ0n) is 16.8. The minimum atomic E-state index is -0.218. The zero-order chi connectivity index (χ0) is 20.2. The SMILES string of the molecule is C[C@@H](N)CCNCCCCNC(=O)CC(=O)NCCCCCCNC=NN. The molecule has 0 aromatic heterocycles. The molecule has 0 aliphatic rings. The number of unbranched alkanes of at least 4 members (excludes halogenated alkanes) is 4. The van der Waals surface area contributed by atoms with Crippen LogP contribution in [0.5, 0.6) is 0 Å². The largest absolute Gasteiger partial charge is 0.375 e. The molecule has 27 heavy (non-hydrogen) atoms. The minimum Gasteiger partial charge on any atom is -0.375 e.